The second-order valence-corrected chi connectivity index (χ2v) is 4.93. The highest BCUT2D eigenvalue weighted by atomic mass is 16.5. The molecule has 0 saturated heterocycles. The van der Waals surface area contributed by atoms with Gasteiger partial charge in [0, 0.05) is 18.4 Å². The van der Waals surface area contributed by atoms with E-state index in [0.717, 1.165) is 12.8 Å². The molecule has 0 aliphatic heterocycles. The van der Waals surface area contributed by atoms with Crippen LogP contribution in [0, 0.1) is 0 Å². The number of amides is 1. The Morgan fingerprint density at radius 2 is 2.24 bits per heavy atom. The number of fused-ring (bicyclic) bond motifs is 1. The van der Waals surface area contributed by atoms with E-state index in [1.54, 1.807) is 34.9 Å². The maximum absolute atomic E-state index is 12.7. The minimum atomic E-state index is -0.382. The first-order valence-corrected chi connectivity index (χ1v) is 6.94. The first-order chi connectivity index (χ1) is 10.2. The topological polar surface area (TPSA) is 76.8 Å². The van der Waals surface area contributed by atoms with E-state index < -0.39 is 0 Å². The molecule has 1 aliphatic carbocycles. The van der Waals surface area contributed by atoms with Gasteiger partial charge in [0.2, 0.25) is 0 Å². The van der Waals surface area contributed by atoms with Crippen LogP contribution in [0.1, 0.15) is 30.1 Å². The van der Waals surface area contributed by atoms with Crippen LogP contribution in [0.2, 0.25) is 0 Å². The molecule has 0 N–H and O–H groups in total. The van der Waals surface area contributed by atoms with E-state index in [4.69, 9.17) is 4.74 Å². The molecule has 0 bridgehead atoms. The molecular formula is C14H16N4O3. The van der Waals surface area contributed by atoms with Crippen molar-refractivity contribution in [2.45, 2.75) is 25.8 Å². The number of aromatic nitrogens is 3. The van der Waals surface area contributed by atoms with Gasteiger partial charge in [-0.15, -0.1) is 0 Å². The largest absolute Gasteiger partial charge is 0.465 e. The molecule has 21 heavy (non-hydrogen) atoms. The van der Waals surface area contributed by atoms with Gasteiger partial charge in [0.25, 0.3) is 5.91 Å². The van der Waals surface area contributed by atoms with Crippen molar-refractivity contribution in [1.29, 1.82) is 0 Å². The Morgan fingerprint density at radius 1 is 1.43 bits per heavy atom. The predicted molar refractivity (Wildman–Crippen MR) is 73.7 cm³/mol. The van der Waals surface area contributed by atoms with Crippen LogP contribution in [0.4, 0.5) is 0 Å². The maximum Gasteiger partial charge on any atom is 0.325 e. The lowest BCUT2D eigenvalue weighted by Gasteiger charge is -2.20. The number of ether oxygens (including phenoxy) is 1. The molecule has 2 heterocycles. The second-order valence-electron chi connectivity index (χ2n) is 4.93. The number of hydrogen-bond acceptors (Lipinski definition) is 5. The van der Waals surface area contributed by atoms with Crippen molar-refractivity contribution in [1.82, 2.24) is 19.5 Å². The molecular weight excluding hydrogens is 272 g/mol. The molecule has 3 rings (SSSR count). The molecule has 1 saturated carbocycles. The highest BCUT2D eigenvalue weighted by Gasteiger charge is 2.35. The molecule has 7 nitrogen and oxygen atoms in total. The summed E-state index contributed by atoms with van der Waals surface area (Å²) in [5.41, 5.74) is 1.09. The number of nitrogens with zero attached hydrogens (tertiary/aromatic N) is 4. The molecule has 7 heteroatoms. The first-order valence-electron chi connectivity index (χ1n) is 6.94. The van der Waals surface area contributed by atoms with Gasteiger partial charge in [-0.25, -0.2) is 4.52 Å². The Morgan fingerprint density at radius 3 is 2.95 bits per heavy atom. The van der Waals surface area contributed by atoms with E-state index in [2.05, 4.69) is 10.1 Å². The van der Waals surface area contributed by atoms with Crippen molar-refractivity contribution in [2.24, 2.45) is 0 Å². The van der Waals surface area contributed by atoms with Crippen molar-refractivity contribution in [3.63, 3.8) is 0 Å². The van der Waals surface area contributed by atoms with Crippen molar-refractivity contribution >= 4 is 17.4 Å². The fraction of sp³-hybridized carbons (Fsp3) is 0.429. The lowest BCUT2D eigenvalue weighted by Crippen LogP contribution is -2.38. The van der Waals surface area contributed by atoms with E-state index in [0.29, 0.717) is 17.7 Å². The molecule has 0 unspecified atom stereocenters. The third-order valence-electron chi connectivity index (χ3n) is 3.41. The van der Waals surface area contributed by atoms with Crippen molar-refractivity contribution in [3.05, 3.63) is 30.4 Å². The summed E-state index contributed by atoms with van der Waals surface area (Å²) in [6.07, 6.45) is 8.23. The third kappa shape index (κ3) is 2.72. The highest BCUT2D eigenvalue weighted by molar-refractivity contribution is 6.01. The summed E-state index contributed by atoms with van der Waals surface area (Å²) in [5.74, 6) is -0.582. The van der Waals surface area contributed by atoms with Crippen LogP contribution in [0.25, 0.3) is 5.52 Å². The zero-order chi connectivity index (χ0) is 14.8. The summed E-state index contributed by atoms with van der Waals surface area (Å²) in [5, 5.41) is 4.13. The summed E-state index contributed by atoms with van der Waals surface area (Å²) in [7, 11) is 0. The molecule has 1 aliphatic rings. The van der Waals surface area contributed by atoms with Gasteiger partial charge >= 0.3 is 5.97 Å². The SMILES string of the molecule is CCOC(=O)CN(C(=O)c1cnn2ccncc12)C1CC1. The standard InChI is InChI=1S/C14H16N4O3/c1-2-21-13(19)9-17(10-3-4-10)14(20)11-7-16-18-6-5-15-8-12(11)18/h5-8,10H,2-4,9H2,1H3. The van der Waals surface area contributed by atoms with E-state index in [1.165, 1.54) is 6.20 Å². The minimum absolute atomic E-state index is 0.0189. The average Bonchev–Trinajstić information content (AvgIpc) is 3.23. The number of hydrogen-bond donors (Lipinski definition) is 0. The van der Waals surface area contributed by atoms with Gasteiger partial charge in [-0.05, 0) is 19.8 Å². The van der Waals surface area contributed by atoms with Crippen molar-refractivity contribution in [3.8, 4) is 0 Å². The van der Waals surface area contributed by atoms with E-state index in [-0.39, 0.29) is 24.5 Å². The fourth-order valence-electron chi connectivity index (χ4n) is 2.25. The van der Waals surface area contributed by atoms with Gasteiger partial charge in [-0.1, -0.05) is 0 Å². The Balaban J connectivity index is 1.85. The van der Waals surface area contributed by atoms with Gasteiger partial charge < -0.3 is 9.64 Å². The highest BCUT2D eigenvalue weighted by Crippen LogP contribution is 2.28. The lowest BCUT2D eigenvalue weighted by atomic mass is 10.2. The molecule has 0 aromatic carbocycles. The summed E-state index contributed by atoms with van der Waals surface area (Å²) < 4.78 is 6.53. The van der Waals surface area contributed by atoms with Crippen LogP contribution in [-0.4, -0.2) is 50.6 Å². The van der Waals surface area contributed by atoms with Gasteiger partial charge in [0.1, 0.15) is 6.54 Å². The van der Waals surface area contributed by atoms with Crippen LogP contribution >= 0.6 is 0 Å². The quantitative estimate of drug-likeness (QED) is 0.764. The summed E-state index contributed by atoms with van der Waals surface area (Å²) in [6, 6.07) is 0.119. The molecule has 2 aromatic rings. The fourth-order valence-corrected chi connectivity index (χ4v) is 2.25. The number of rotatable bonds is 5. The van der Waals surface area contributed by atoms with Crippen LogP contribution < -0.4 is 0 Å². The Bertz CT molecular complexity index is 678. The van der Waals surface area contributed by atoms with Gasteiger partial charge in [-0.3, -0.25) is 14.6 Å². The van der Waals surface area contributed by atoms with Crippen LogP contribution in [0.5, 0.6) is 0 Å². The summed E-state index contributed by atoms with van der Waals surface area (Å²) >= 11 is 0. The van der Waals surface area contributed by atoms with Crippen LogP contribution in [0.3, 0.4) is 0 Å². The summed E-state index contributed by atoms with van der Waals surface area (Å²) in [6.45, 7) is 2.04. The number of carbonyl (C=O) groups is 2. The maximum atomic E-state index is 12.7. The van der Waals surface area contributed by atoms with Crippen LogP contribution in [0.15, 0.2) is 24.8 Å². The molecule has 110 valence electrons. The van der Waals surface area contributed by atoms with Gasteiger partial charge in [0.05, 0.1) is 30.1 Å². The van der Waals surface area contributed by atoms with E-state index in [1.807, 2.05) is 0 Å². The monoisotopic (exact) mass is 288 g/mol. The Kier molecular flexibility index (Phi) is 3.55. The van der Waals surface area contributed by atoms with Crippen molar-refractivity contribution in [2.75, 3.05) is 13.2 Å². The second kappa shape index (κ2) is 5.51. The minimum Gasteiger partial charge on any atom is -0.465 e. The number of esters is 1. The lowest BCUT2D eigenvalue weighted by molar-refractivity contribution is -0.144. The van der Waals surface area contributed by atoms with E-state index in [9.17, 15) is 9.59 Å². The van der Waals surface area contributed by atoms with E-state index >= 15 is 0 Å². The smallest absolute Gasteiger partial charge is 0.325 e. The molecule has 0 atom stereocenters. The van der Waals surface area contributed by atoms with Gasteiger partial charge in [0.15, 0.2) is 0 Å². The molecule has 0 spiro atoms. The zero-order valence-electron chi connectivity index (χ0n) is 11.7. The zero-order valence-corrected chi connectivity index (χ0v) is 11.7. The Hall–Kier alpha value is -2.44. The number of carbonyl (C=O) groups excluding carboxylic acids is 2. The molecule has 2 aromatic heterocycles. The molecule has 1 fully saturated rings. The van der Waals surface area contributed by atoms with Crippen molar-refractivity contribution < 1.29 is 14.3 Å². The molecule has 0 radical (unpaired) electrons. The average molecular weight is 288 g/mol. The predicted octanol–water partition coefficient (Wildman–Crippen LogP) is 0.897. The Labute approximate surface area is 121 Å². The van der Waals surface area contributed by atoms with Crippen LogP contribution in [-0.2, 0) is 9.53 Å². The van der Waals surface area contributed by atoms with Gasteiger partial charge in [-0.2, -0.15) is 5.10 Å². The normalized spacial score (nSPS) is 14.1. The first kappa shape index (κ1) is 13.5. The summed E-state index contributed by atoms with van der Waals surface area (Å²) in [4.78, 5) is 29.9. The molecule has 1 amide bonds. The third-order valence-corrected chi connectivity index (χ3v) is 3.41.